The third-order valence-electron chi connectivity index (χ3n) is 10.1. The van der Waals surface area contributed by atoms with Gasteiger partial charge in [-0.15, -0.1) is 71.3 Å². The fraction of sp³-hybridized carbons (Fsp3) is 0.349. The maximum atomic E-state index is 4.86. The average molecular weight is 813 g/mol. The second-order valence-corrected chi connectivity index (χ2v) is 20.0. The fourth-order valence-electron chi connectivity index (χ4n) is 7.23. The van der Waals surface area contributed by atoms with Gasteiger partial charge in [-0.05, 0) is 90.5 Å². The summed E-state index contributed by atoms with van der Waals surface area (Å²) in [7, 11) is -1.38. The van der Waals surface area contributed by atoms with Crippen molar-refractivity contribution in [2.75, 3.05) is 0 Å². The van der Waals surface area contributed by atoms with Gasteiger partial charge in [0.25, 0.3) is 0 Å². The quantitative estimate of drug-likeness (QED) is 0.121. The Labute approximate surface area is 297 Å². The standard InChI is InChI=1S/C24H32NSi.C19H16N.Ir/c1-16(2)18-6-8-19(9-7-18)23-14-22(24(15-25-23)26(3,4)5)13-21-12-17-10-20(21)11-17;1-14-8-10-16(11-9-14)18-12-19(20-13-15(18)2)17-6-4-3-5-7-17;/h6-8,14-17,20-21H,10-13H2,1-5H3;3-6,8-13H,1-2H3;/q2*-1;. The smallest absolute Gasteiger partial charge is 0.0798 e. The largest absolute Gasteiger partial charge is 0.305 e. The van der Waals surface area contributed by atoms with Crippen molar-refractivity contribution in [1.82, 2.24) is 9.97 Å². The maximum Gasteiger partial charge on any atom is 0.0798 e. The number of rotatable bonds is 7. The number of aromatic nitrogens is 2. The van der Waals surface area contributed by atoms with Gasteiger partial charge in [-0.25, -0.2) is 0 Å². The first-order chi connectivity index (χ1) is 22.0. The summed E-state index contributed by atoms with van der Waals surface area (Å²) in [6, 6.07) is 34.4. The Hall–Kier alpha value is -3.17. The van der Waals surface area contributed by atoms with E-state index in [4.69, 9.17) is 4.98 Å². The molecule has 3 fully saturated rings. The number of hydrogen-bond donors (Lipinski definition) is 0. The van der Waals surface area contributed by atoms with Crippen molar-refractivity contribution in [2.24, 2.45) is 17.8 Å². The van der Waals surface area contributed by atoms with Crippen LogP contribution in [-0.4, -0.2) is 18.0 Å². The first-order valence-corrected chi connectivity index (χ1v) is 20.6. The van der Waals surface area contributed by atoms with E-state index in [2.05, 4.69) is 125 Å². The van der Waals surface area contributed by atoms with Crippen LogP contribution in [0.2, 0.25) is 19.6 Å². The SMILES string of the molecule is CC(C)c1c[c-]c(-c2cc(CC3CC4CC3C4)c([Si](C)(C)C)cn2)cc1.Cc1ccc(-c2cc(-c3[c-]cccc3)ncc2C)cc1.[Ir]. The molecule has 245 valence electrons. The van der Waals surface area contributed by atoms with Gasteiger partial charge in [0.05, 0.1) is 8.07 Å². The van der Waals surface area contributed by atoms with Crippen LogP contribution in [0.15, 0.2) is 91.3 Å². The minimum absolute atomic E-state index is 0. The zero-order valence-corrected chi connectivity index (χ0v) is 32.4. The topological polar surface area (TPSA) is 25.8 Å². The van der Waals surface area contributed by atoms with E-state index in [1.807, 2.05) is 30.5 Å². The van der Waals surface area contributed by atoms with Crippen molar-refractivity contribution in [3.8, 4) is 33.6 Å². The van der Waals surface area contributed by atoms with Crippen LogP contribution >= 0.6 is 0 Å². The van der Waals surface area contributed by atoms with Crippen molar-refractivity contribution < 1.29 is 20.1 Å². The van der Waals surface area contributed by atoms with Crippen LogP contribution in [-0.2, 0) is 26.5 Å². The summed E-state index contributed by atoms with van der Waals surface area (Å²) in [6.07, 6.45) is 9.85. The summed E-state index contributed by atoms with van der Waals surface area (Å²) in [4.78, 5) is 9.38. The molecule has 3 saturated carbocycles. The molecule has 4 heteroatoms. The first kappa shape index (κ1) is 35.1. The van der Waals surface area contributed by atoms with Crippen LogP contribution in [0, 0.1) is 43.7 Å². The summed E-state index contributed by atoms with van der Waals surface area (Å²) in [5.74, 6) is 3.51. The molecule has 3 aromatic carbocycles. The molecule has 0 saturated heterocycles. The summed E-state index contributed by atoms with van der Waals surface area (Å²) in [5, 5.41) is 1.56. The minimum Gasteiger partial charge on any atom is -0.305 e. The maximum absolute atomic E-state index is 4.86. The molecule has 2 bridgehead atoms. The molecule has 3 aliphatic carbocycles. The Bertz CT molecular complexity index is 1770. The molecular formula is C43H48IrN2Si-2. The number of nitrogens with zero attached hydrogens (tertiary/aromatic N) is 2. The van der Waals surface area contributed by atoms with Crippen molar-refractivity contribution in [3.05, 3.63) is 126 Å². The molecule has 3 aliphatic rings. The van der Waals surface area contributed by atoms with E-state index >= 15 is 0 Å². The molecule has 0 aliphatic heterocycles. The van der Waals surface area contributed by atoms with Gasteiger partial charge in [0.1, 0.15) is 0 Å². The zero-order chi connectivity index (χ0) is 32.4. The van der Waals surface area contributed by atoms with Gasteiger partial charge >= 0.3 is 0 Å². The molecular weight excluding hydrogens is 765 g/mol. The van der Waals surface area contributed by atoms with Crippen LogP contribution in [0.5, 0.6) is 0 Å². The van der Waals surface area contributed by atoms with Crippen molar-refractivity contribution in [3.63, 3.8) is 0 Å². The molecule has 2 nitrogen and oxygen atoms in total. The van der Waals surface area contributed by atoms with E-state index in [9.17, 15) is 0 Å². The van der Waals surface area contributed by atoms with Crippen LogP contribution in [0.1, 0.15) is 61.3 Å². The molecule has 47 heavy (non-hydrogen) atoms. The van der Waals surface area contributed by atoms with Crippen molar-refractivity contribution >= 4 is 13.3 Å². The van der Waals surface area contributed by atoms with Gasteiger partial charge in [0, 0.05) is 32.5 Å². The van der Waals surface area contributed by atoms with E-state index in [0.29, 0.717) is 5.92 Å². The van der Waals surface area contributed by atoms with E-state index in [0.717, 1.165) is 40.3 Å². The summed E-state index contributed by atoms with van der Waals surface area (Å²) >= 11 is 0. The van der Waals surface area contributed by atoms with Crippen LogP contribution in [0.4, 0.5) is 0 Å². The predicted molar refractivity (Wildman–Crippen MR) is 197 cm³/mol. The number of benzene rings is 3. The average Bonchev–Trinajstić information content (AvgIpc) is 3.62. The van der Waals surface area contributed by atoms with Gasteiger partial charge < -0.3 is 9.97 Å². The third kappa shape index (κ3) is 8.28. The molecule has 2 aromatic heterocycles. The minimum atomic E-state index is -1.38. The summed E-state index contributed by atoms with van der Waals surface area (Å²) in [5.41, 5.74) is 12.1. The molecule has 0 spiro atoms. The van der Waals surface area contributed by atoms with Gasteiger partial charge in [-0.2, -0.15) is 0 Å². The molecule has 8 rings (SSSR count). The molecule has 0 amide bonds. The molecule has 1 radical (unpaired) electrons. The Morgan fingerprint density at radius 3 is 2.11 bits per heavy atom. The molecule has 1 unspecified atom stereocenters. The summed E-state index contributed by atoms with van der Waals surface area (Å²) < 4.78 is 0. The van der Waals surface area contributed by atoms with E-state index in [-0.39, 0.29) is 20.1 Å². The van der Waals surface area contributed by atoms with Crippen molar-refractivity contribution in [2.45, 2.75) is 78.9 Å². The van der Waals surface area contributed by atoms with Crippen LogP contribution in [0.3, 0.4) is 0 Å². The van der Waals surface area contributed by atoms with Crippen LogP contribution in [0.25, 0.3) is 33.6 Å². The normalized spacial score (nSPS) is 18.2. The van der Waals surface area contributed by atoms with Gasteiger partial charge in [0.15, 0.2) is 0 Å². The number of pyridine rings is 2. The van der Waals surface area contributed by atoms with Gasteiger partial charge in [-0.1, -0.05) is 86.9 Å². The monoisotopic (exact) mass is 813 g/mol. The Kier molecular flexibility index (Phi) is 11.2. The van der Waals surface area contributed by atoms with Crippen LogP contribution < -0.4 is 5.19 Å². The Morgan fingerprint density at radius 2 is 1.51 bits per heavy atom. The molecule has 2 heterocycles. The number of fused-ring (bicyclic) bond motifs is 1. The van der Waals surface area contributed by atoms with Crippen molar-refractivity contribution in [1.29, 1.82) is 0 Å². The molecule has 5 aromatic rings. The Balaban J connectivity index is 0.000000187. The van der Waals surface area contributed by atoms with E-state index in [1.165, 1.54) is 53.5 Å². The Morgan fingerprint density at radius 1 is 0.809 bits per heavy atom. The predicted octanol–water partition coefficient (Wildman–Crippen LogP) is 10.6. The van der Waals surface area contributed by atoms with E-state index < -0.39 is 8.07 Å². The second kappa shape index (κ2) is 14.9. The van der Waals surface area contributed by atoms with Gasteiger partial charge in [0.2, 0.25) is 0 Å². The zero-order valence-electron chi connectivity index (χ0n) is 29.0. The molecule has 1 atom stereocenters. The fourth-order valence-corrected chi connectivity index (χ4v) is 8.82. The van der Waals surface area contributed by atoms with E-state index in [1.54, 1.807) is 10.8 Å². The third-order valence-corrected chi connectivity index (χ3v) is 12.2. The molecule has 0 N–H and O–H groups in total. The second-order valence-electron chi connectivity index (χ2n) is 15.0. The number of aryl methyl sites for hydroxylation is 2. The first-order valence-electron chi connectivity index (χ1n) is 17.1. The number of hydrogen-bond acceptors (Lipinski definition) is 2. The summed E-state index contributed by atoms with van der Waals surface area (Å²) in [6.45, 7) is 16.0. The van der Waals surface area contributed by atoms with Gasteiger partial charge in [-0.3, -0.25) is 0 Å².